The Morgan fingerprint density at radius 1 is 0.482 bits per heavy atom. The van der Waals surface area contributed by atoms with Crippen molar-refractivity contribution in [3.8, 4) is 34.5 Å². The Morgan fingerprint density at radius 2 is 0.904 bits per heavy atom. The number of piperidine rings is 2. The van der Waals surface area contributed by atoms with Crippen molar-refractivity contribution in [3.63, 3.8) is 0 Å². The summed E-state index contributed by atoms with van der Waals surface area (Å²) < 4.78 is 71.8. The molecule has 594 valence electrons. The molecule has 2 aliphatic heterocycles. The van der Waals surface area contributed by atoms with Crippen molar-refractivity contribution in [2.45, 2.75) is 77.7 Å². The maximum absolute atomic E-state index is 12.0. The molecule has 17 rings (SSSR count). The van der Waals surface area contributed by atoms with E-state index in [1.807, 2.05) is 92.7 Å². The van der Waals surface area contributed by atoms with E-state index in [1.165, 1.54) is 18.2 Å². The number of carbonyl (C=O) groups excluding carboxylic acids is 6. The number of ether oxygens (including phenoxy) is 5. The van der Waals surface area contributed by atoms with E-state index in [0.29, 0.717) is 93.8 Å². The molecule has 114 heavy (non-hydrogen) atoms. The van der Waals surface area contributed by atoms with Gasteiger partial charge in [0.05, 0.1) is 104 Å². The summed E-state index contributed by atoms with van der Waals surface area (Å²) in [4.78, 5) is 69.1. The Bertz CT molecular complexity index is 5700. The minimum Gasteiger partial charge on any atom is -0.507 e. The Hall–Kier alpha value is -10.8. The van der Waals surface area contributed by atoms with Crippen LogP contribution >= 0.6 is 63.7 Å². The molecule has 25 nitrogen and oxygen atoms in total. The Morgan fingerprint density at radius 3 is 1.39 bits per heavy atom. The van der Waals surface area contributed by atoms with Crippen molar-refractivity contribution in [1.29, 1.82) is 0 Å². The van der Waals surface area contributed by atoms with Gasteiger partial charge in [-0.2, -0.15) is 0 Å². The minimum atomic E-state index is -0.371. The summed E-state index contributed by atoms with van der Waals surface area (Å²) in [7, 11) is 0. The first-order valence-electron chi connectivity index (χ1n) is 34.9. The zero-order chi connectivity index (χ0) is 79.5. The van der Waals surface area contributed by atoms with Gasteiger partial charge in [0, 0.05) is 90.2 Å². The number of imide groups is 2. The van der Waals surface area contributed by atoms with E-state index >= 15 is 0 Å². The number of rotatable bonds is 15. The molecule has 7 aromatic carbocycles. The van der Waals surface area contributed by atoms with Crippen molar-refractivity contribution < 1.29 is 129 Å². The van der Waals surface area contributed by atoms with E-state index in [9.17, 15) is 39.0 Å². The Balaban J connectivity index is 0.000000154. The van der Waals surface area contributed by atoms with Crippen molar-refractivity contribution in [2.24, 2.45) is 0 Å². The van der Waals surface area contributed by atoms with Crippen LogP contribution in [0.2, 0.25) is 0 Å². The number of phenols is 4. The van der Waals surface area contributed by atoms with Crippen LogP contribution in [-0.2, 0) is 70.5 Å². The predicted octanol–water partition coefficient (Wildman–Crippen LogP) is 20.5. The fourth-order valence-corrected chi connectivity index (χ4v) is 13.6. The molecule has 15 aromatic rings. The summed E-state index contributed by atoms with van der Waals surface area (Å²) >= 11 is 12.9. The van der Waals surface area contributed by atoms with Crippen LogP contribution in [0.5, 0.6) is 34.5 Å². The molecular weight excluding hydrogens is 1910 g/mol. The van der Waals surface area contributed by atoms with E-state index in [0.717, 1.165) is 92.2 Å². The van der Waals surface area contributed by atoms with Gasteiger partial charge >= 0.3 is 11.9 Å². The Kier molecular flexibility index (Phi) is 31.6. The molecule has 4 amide bonds. The first-order valence-corrected chi connectivity index (χ1v) is 38.1. The van der Waals surface area contributed by atoms with E-state index in [-0.39, 0.29) is 118 Å². The molecule has 2 fully saturated rings. The number of carbonyl (C=O) groups is 6. The monoisotopic (exact) mass is 1980 g/mol. The molecule has 10 heterocycles. The van der Waals surface area contributed by atoms with Gasteiger partial charge in [-0.3, -0.25) is 34.6 Å². The fourth-order valence-electron chi connectivity index (χ4n) is 12.0. The van der Waals surface area contributed by atoms with Crippen molar-refractivity contribution in [2.75, 3.05) is 33.0 Å². The maximum atomic E-state index is 12.0. The van der Waals surface area contributed by atoms with Gasteiger partial charge in [0.15, 0.2) is 11.2 Å². The number of esters is 2. The van der Waals surface area contributed by atoms with Crippen LogP contribution in [0.3, 0.4) is 0 Å². The van der Waals surface area contributed by atoms with Crippen LogP contribution in [0.1, 0.15) is 81.9 Å². The molecule has 0 saturated carbocycles. The number of amides is 4. The third kappa shape index (κ3) is 21.3. The number of furan rings is 8. The number of hydrogen-bond donors (Lipinski definition) is 6. The molecule has 0 bridgehead atoms. The quantitative estimate of drug-likeness (QED) is 0.0240. The summed E-state index contributed by atoms with van der Waals surface area (Å²) in [5.41, 5.74) is 8.07. The average Bonchev–Trinajstić information content (AvgIpc) is 1.62. The molecule has 6 N–H and O–H groups in total. The van der Waals surface area contributed by atoms with E-state index < -0.39 is 0 Å². The summed E-state index contributed by atoms with van der Waals surface area (Å²) in [6, 6.07) is 37.6. The Labute approximate surface area is 698 Å². The largest absolute Gasteiger partial charge is 0.507 e. The molecule has 0 spiro atoms. The van der Waals surface area contributed by atoms with Crippen molar-refractivity contribution >= 4 is 187 Å². The summed E-state index contributed by atoms with van der Waals surface area (Å²) in [5.74, 6) is -0.583. The van der Waals surface area contributed by atoms with Crippen LogP contribution < -0.4 is 20.1 Å². The number of nitrogens with one attached hydrogen (secondary N) is 2. The SMILES string of the molecule is CCOC(=O)/C=C/COc1ccc2ccoc2c1Br.CCOC(=O)Cc1coc2ccc3ccoc3c12.CCOC(C)COc1cccc(O)c1Br.O=C1CCC(c2coc3ccc4ccoc4c23)C(=O)N1.O=C1CCC(c2coc3ccc4ccoc4c23)C(=O)N1.Oc1ccc2ccoc2c1Br.Oc1cccc(O)c1Br.[CH3-].[W]. The molecule has 2 saturated heterocycles. The number of fused-ring (bicyclic) bond motifs is 11. The van der Waals surface area contributed by atoms with Gasteiger partial charge in [-0.05, 0) is 226 Å². The minimum absolute atomic E-state index is 0. The van der Waals surface area contributed by atoms with Crippen molar-refractivity contribution in [3.05, 3.63) is 232 Å². The molecule has 2 aliphatic rings. The van der Waals surface area contributed by atoms with E-state index in [2.05, 4.69) is 74.4 Å². The summed E-state index contributed by atoms with van der Waals surface area (Å²) in [5, 5.41) is 48.6. The van der Waals surface area contributed by atoms with Crippen LogP contribution in [0.15, 0.2) is 243 Å². The van der Waals surface area contributed by atoms with Crippen LogP contribution in [0.4, 0.5) is 0 Å². The molecule has 0 aliphatic carbocycles. The molecular formula is C84H75Br4N2O23W-. The number of benzene rings is 7. The molecule has 0 radical (unpaired) electrons. The summed E-state index contributed by atoms with van der Waals surface area (Å²) in [6.45, 7) is 9.61. The second kappa shape index (κ2) is 41.3. The zero-order valence-corrected chi connectivity index (χ0v) is 70.9. The van der Waals surface area contributed by atoms with Gasteiger partial charge in [0.2, 0.25) is 23.6 Å². The van der Waals surface area contributed by atoms with Gasteiger partial charge in [-0.15, -0.1) is 0 Å². The van der Waals surface area contributed by atoms with Gasteiger partial charge in [0.25, 0.3) is 0 Å². The summed E-state index contributed by atoms with van der Waals surface area (Å²) in [6.07, 6.45) is 17.7. The number of phenolic OH excluding ortho intramolecular Hbond substituents is 4. The van der Waals surface area contributed by atoms with E-state index in [1.54, 1.807) is 106 Å². The molecule has 3 unspecified atom stereocenters. The van der Waals surface area contributed by atoms with Gasteiger partial charge in [-0.25, -0.2) is 4.79 Å². The molecule has 3 atom stereocenters. The topological polar surface area (TPSA) is 359 Å². The van der Waals surface area contributed by atoms with E-state index in [4.69, 9.17) is 69.2 Å². The third-order valence-electron chi connectivity index (χ3n) is 17.2. The standard InChI is InChI=1S/2C15H11NO4.C14H13BrO4.C14H12O4.C11H15BrO3.C8H5BrO2.C6H5BrO2.CH3.W/c2*17-12-4-2-9(15(18)16-12)10-7-20-11-3-1-8-5-6-19-14(8)13(10)11;1-2-17-12(16)4-3-8-18-11-6-5-10-7-9-19-14(10)13(11)15;1-2-16-12(15)7-10-8-18-11-4-3-9-5-6-17-14(9)13(10)11;1-3-14-8(2)7-15-10-6-4-5-9(13)11(10)12;9-7-6(10)2-1-5-3-4-11-8(5)7;7-6-4(8)2-1-3-5(6)9;;/h2*1,3,5-7,9H,2,4H2,(H,16,17,18);3-7,9H,2,8H2,1H3;3-6,8H,2,7H2,1H3;4-6,8,13H,3,7H2,1-2H3;1-4,10H;1-3,8-9H;1H3;/q;;;;;;;-1;/b;;4-3+;;;;;;. The van der Waals surface area contributed by atoms with Gasteiger partial charge in [-0.1, -0.05) is 12.1 Å². The third-order valence-corrected chi connectivity index (χ3v) is 20.4. The maximum Gasteiger partial charge on any atom is 0.330 e. The normalized spacial score (nSPS) is 13.9. The first-order chi connectivity index (χ1) is 54.1. The smallest absolute Gasteiger partial charge is 0.330 e. The molecule has 30 heteroatoms. The van der Waals surface area contributed by atoms with Gasteiger partial charge < -0.3 is 86.9 Å². The zero-order valence-electron chi connectivity index (χ0n) is 61.7. The molecule has 8 aromatic heterocycles. The van der Waals surface area contributed by atoms with Crippen LogP contribution in [-0.4, -0.2) is 95.1 Å². The average molecular weight is 1980 g/mol. The van der Waals surface area contributed by atoms with Crippen LogP contribution in [0, 0.1) is 7.43 Å². The first kappa shape index (κ1) is 87.2. The van der Waals surface area contributed by atoms with Gasteiger partial charge in [0.1, 0.15) is 99.1 Å². The van der Waals surface area contributed by atoms with Crippen LogP contribution in [0.25, 0.3) is 87.8 Å². The fraction of sp³-hybridized carbons (Fsp3) is 0.202. The second-order valence-electron chi connectivity index (χ2n) is 24.7. The number of aromatic hydroxyl groups is 4. The number of hydrogen-bond acceptors (Lipinski definition) is 23. The second-order valence-corrected chi connectivity index (χ2v) is 27.8. The number of halogens is 4. The predicted molar refractivity (Wildman–Crippen MR) is 436 cm³/mol. The van der Waals surface area contributed by atoms with Crippen molar-refractivity contribution in [1.82, 2.24) is 10.6 Å².